The molecule has 0 spiro atoms. The average Bonchev–Trinajstić information content (AvgIpc) is 2.60. The molecule has 0 atom stereocenters. The standard InChI is InChI=1S/C21H13N/c1-2-15-4-5-17-6-8-18(14-10-12-22-13-11-14)19-9-7-16(3-1)20(15)21(17)19/h1-13H. The quantitative estimate of drug-likeness (QED) is 0.361. The van der Waals surface area contributed by atoms with Crippen molar-refractivity contribution in [3.63, 3.8) is 0 Å². The van der Waals surface area contributed by atoms with Crippen LogP contribution >= 0.6 is 0 Å². The summed E-state index contributed by atoms with van der Waals surface area (Å²) in [6.45, 7) is 0. The van der Waals surface area contributed by atoms with Gasteiger partial charge in [0, 0.05) is 12.4 Å². The highest BCUT2D eigenvalue weighted by molar-refractivity contribution is 6.25. The van der Waals surface area contributed by atoms with Crippen molar-refractivity contribution in [2.75, 3.05) is 0 Å². The molecule has 5 rings (SSSR count). The van der Waals surface area contributed by atoms with Crippen LogP contribution in [0.5, 0.6) is 0 Å². The predicted molar refractivity (Wildman–Crippen MR) is 93.4 cm³/mol. The second-order valence-corrected chi connectivity index (χ2v) is 5.71. The SMILES string of the molecule is c1cc2ccc3ccc(-c4ccncc4)c4ccc(c1)c2c34. The van der Waals surface area contributed by atoms with E-state index in [1.807, 2.05) is 12.4 Å². The Kier molecular flexibility index (Phi) is 2.28. The van der Waals surface area contributed by atoms with Crippen molar-refractivity contribution in [3.8, 4) is 11.1 Å². The molecule has 0 fully saturated rings. The molecule has 0 aliphatic rings. The van der Waals surface area contributed by atoms with E-state index in [1.165, 1.54) is 43.4 Å². The van der Waals surface area contributed by atoms with Gasteiger partial charge in [-0.2, -0.15) is 0 Å². The Hall–Kier alpha value is -2.93. The Balaban J connectivity index is 2.02. The first-order chi connectivity index (χ1) is 10.9. The molecule has 1 heterocycles. The Labute approximate surface area is 128 Å². The van der Waals surface area contributed by atoms with Crippen LogP contribution in [-0.2, 0) is 0 Å². The molecule has 0 radical (unpaired) electrons. The highest BCUT2D eigenvalue weighted by atomic mass is 14.6. The first kappa shape index (κ1) is 11.7. The summed E-state index contributed by atoms with van der Waals surface area (Å²) in [5.74, 6) is 0. The van der Waals surface area contributed by atoms with Crippen molar-refractivity contribution >= 4 is 32.3 Å². The zero-order chi connectivity index (χ0) is 14.5. The van der Waals surface area contributed by atoms with Gasteiger partial charge in [-0.15, -0.1) is 0 Å². The van der Waals surface area contributed by atoms with Gasteiger partial charge < -0.3 is 0 Å². The van der Waals surface area contributed by atoms with Crippen LogP contribution in [0.3, 0.4) is 0 Å². The lowest BCUT2D eigenvalue weighted by molar-refractivity contribution is 1.33. The smallest absolute Gasteiger partial charge is 0.0273 e. The van der Waals surface area contributed by atoms with Crippen molar-refractivity contribution in [2.45, 2.75) is 0 Å². The third-order valence-corrected chi connectivity index (χ3v) is 4.52. The molecule has 0 aliphatic carbocycles. The number of aromatic nitrogens is 1. The molecule has 0 bridgehead atoms. The van der Waals surface area contributed by atoms with E-state index in [1.54, 1.807) is 0 Å². The second kappa shape index (κ2) is 4.28. The van der Waals surface area contributed by atoms with Crippen molar-refractivity contribution < 1.29 is 0 Å². The fraction of sp³-hybridized carbons (Fsp3) is 0. The topological polar surface area (TPSA) is 12.9 Å². The van der Waals surface area contributed by atoms with E-state index in [4.69, 9.17) is 0 Å². The summed E-state index contributed by atoms with van der Waals surface area (Å²) < 4.78 is 0. The zero-order valence-electron chi connectivity index (χ0n) is 12.0. The van der Waals surface area contributed by atoms with Gasteiger partial charge in [-0.1, -0.05) is 54.6 Å². The molecule has 4 aromatic carbocycles. The van der Waals surface area contributed by atoms with Crippen molar-refractivity contribution in [3.05, 3.63) is 79.1 Å². The molecular formula is C21H13N. The first-order valence-electron chi connectivity index (χ1n) is 7.49. The van der Waals surface area contributed by atoms with Crippen LogP contribution < -0.4 is 0 Å². The molecule has 0 saturated carbocycles. The van der Waals surface area contributed by atoms with E-state index in [0.29, 0.717) is 0 Å². The normalized spacial score (nSPS) is 11.6. The van der Waals surface area contributed by atoms with E-state index in [9.17, 15) is 0 Å². The van der Waals surface area contributed by atoms with Crippen LogP contribution in [-0.4, -0.2) is 4.98 Å². The van der Waals surface area contributed by atoms with Gasteiger partial charge >= 0.3 is 0 Å². The molecule has 0 unspecified atom stereocenters. The Bertz CT molecular complexity index is 1090. The zero-order valence-corrected chi connectivity index (χ0v) is 12.0. The molecule has 22 heavy (non-hydrogen) atoms. The lowest BCUT2D eigenvalue weighted by Gasteiger charge is -2.13. The maximum absolute atomic E-state index is 4.13. The number of rotatable bonds is 1. The molecule has 1 nitrogen and oxygen atoms in total. The van der Waals surface area contributed by atoms with E-state index in [2.05, 4.69) is 71.7 Å². The lowest BCUT2D eigenvalue weighted by Crippen LogP contribution is -1.87. The van der Waals surface area contributed by atoms with Crippen LogP contribution in [0.4, 0.5) is 0 Å². The molecule has 0 aliphatic heterocycles. The minimum Gasteiger partial charge on any atom is -0.265 e. The third-order valence-electron chi connectivity index (χ3n) is 4.52. The molecule has 1 aromatic heterocycles. The summed E-state index contributed by atoms with van der Waals surface area (Å²) >= 11 is 0. The van der Waals surface area contributed by atoms with E-state index >= 15 is 0 Å². The van der Waals surface area contributed by atoms with Crippen molar-refractivity contribution in [1.82, 2.24) is 4.98 Å². The molecular weight excluding hydrogens is 266 g/mol. The maximum Gasteiger partial charge on any atom is 0.0273 e. The van der Waals surface area contributed by atoms with Crippen LogP contribution in [0.2, 0.25) is 0 Å². The van der Waals surface area contributed by atoms with Gasteiger partial charge in [0.25, 0.3) is 0 Å². The van der Waals surface area contributed by atoms with Gasteiger partial charge in [-0.25, -0.2) is 0 Å². The molecule has 0 saturated heterocycles. The minimum absolute atomic E-state index is 1.22. The summed E-state index contributed by atoms with van der Waals surface area (Å²) in [6, 6.07) is 24.0. The second-order valence-electron chi connectivity index (χ2n) is 5.71. The van der Waals surface area contributed by atoms with Gasteiger partial charge in [0.15, 0.2) is 0 Å². The third kappa shape index (κ3) is 1.51. The predicted octanol–water partition coefficient (Wildman–Crippen LogP) is 5.65. The number of hydrogen-bond acceptors (Lipinski definition) is 1. The van der Waals surface area contributed by atoms with Crippen LogP contribution in [0.15, 0.2) is 79.1 Å². The van der Waals surface area contributed by atoms with Gasteiger partial charge in [0.1, 0.15) is 0 Å². The Morgan fingerprint density at radius 2 is 1.18 bits per heavy atom. The maximum atomic E-state index is 4.13. The largest absolute Gasteiger partial charge is 0.265 e. The first-order valence-corrected chi connectivity index (χ1v) is 7.49. The number of hydrogen-bond donors (Lipinski definition) is 0. The van der Waals surface area contributed by atoms with Gasteiger partial charge in [-0.05, 0) is 55.6 Å². The fourth-order valence-electron chi connectivity index (χ4n) is 3.52. The van der Waals surface area contributed by atoms with Crippen LogP contribution in [0.1, 0.15) is 0 Å². The number of pyridine rings is 1. The molecule has 0 amide bonds. The number of benzene rings is 4. The van der Waals surface area contributed by atoms with Gasteiger partial charge in [0.2, 0.25) is 0 Å². The minimum atomic E-state index is 1.22. The van der Waals surface area contributed by atoms with Crippen LogP contribution in [0, 0.1) is 0 Å². The molecule has 102 valence electrons. The summed E-state index contributed by atoms with van der Waals surface area (Å²) in [6.07, 6.45) is 3.71. The van der Waals surface area contributed by atoms with E-state index < -0.39 is 0 Å². The number of nitrogens with zero attached hydrogens (tertiary/aromatic N) is 1. The van der Waals surface area contributed by atoms with E-state index in [0.717, 1.165) is 0 Å². The van der Waals surface area contributed by atoms with Crippen molar-refractivity contribution in [2.24, 2.45) is 0 Å². The molecule has 0 N–H and O–H groups in total. The average molecular weight is 279 g/mol. The molecule has 1 heteroatoms. The summed E-state index contributed by atoms with van der Waals surface area (Å²) in [5, 5.41) is 7.97. The Morgan fingerprint density at radius 3 is 1.95 bits per heavy atom. The summed E-state index contributed by atoms with van der Waals surface area (Å²) in [7, 11) is 0. The fourth-order valence-corrected chi connectivity index (χ4v) is 3.52. The summed E-state index contributed by atoms with van der Waals surface area (Å²) in [5.41, 5.74) is 2.49. The molecule has 5 aromatic rings. The summed E-state index contributed by atoms with van der Waals surface area (Å²) in [4.78, 5) is 4.13. The lowest BCUT2D eigenvalue weighted by atomic mass is 9.90. The highest BCUT2D eigenvalue weighted by Crippen LogP contribution is 2.38. The highest BCUT2D eigenvalue weighted by Gasteiger charge is 2.11. The van der Waals surface area contributed by atoms with Crippen molar-refractivity contribution in [1.29, 1.82) is 0 Å². The van der Waals surface area contributed by atoms with Gasteiger partial charge in [0.05, 0.1) is 0 Å². The van der Waals surface area contributed by atoms with E-state index in [-0.39, 0.29) is 0 Å². The monoisotopic (exact) mass is 279 g/mol. The van der Waals surface area contributed by atoms with Gasteiger partial charge in [-0.3, -0.25) is 4.98 Å². The Morgan fingerprint density at radius 1 is 0.545 bits per heavy atom. The van der Waals surface area contributed by atoms with Crippen LogP contribution in [0.25, 0.3) is 43.4 Å².